The Bertz CT molecular complexity index is 522. The molecular weight excluding hydrogens is 240 g/mol. The van der Waals surface area contributed by atoms with E-state index in [1.807, 2.05) is 17.7 Å². The van der Waals surface area contributed by atoms with Crippen molar-refractivity contribution < 1.29 is 8.78 Å². The van der Waals surface area contributed by atoms with E-state index in [-0.39, 0.29) is 6.04 Å². The third-order valence-corrected chi connectivity index (χ3v) is 3.65. The summed E-state index contributed by atoms with van der Waals surface area (Å²) < 4.78 is 26.5. The Balaban J connectivity index is 2.22. The molecule has 0 radical (unpaired) electrons. The van der Waals surface area contributed by atoms with Crippen molar-refractivity contribution in [1.82, 2.24) is 0 Å². The van der Waals surface area contributed by atoms with Gasteiger partial charge in [-0.05, 0) is 46.9 Å². The Morgan fingerprint density at radius 3 is 2.71 bits per heavy atom. The summed E-state index contributed by atoms with van der Waals surface area (Å²) in [6.07, 6.45) is 0.307. The van der Waals surface area contributed by atoms with Crippen molar-refractivity contribution in [3.05, 3.63) is 57.3 Å². The van der Waals surface area contributed by atoms with Gasteiger partial charge in [-0.2, -0.15) is 11.3 Å². The van der Waals surface area contributed by atoms with Gasteiger partial charge in [0, 0.05) is 6.04 Å². The van der Waals surface area contributed by atoms with Crippen molar-refractivity contribution in [2.24, 2.45) is 5.73 Å². The second kappa shape index (κ2) is 4.94. The number of hydrogen-bond donors (Lipinski definition) is 1. The highest BCUT2D eigenvalue weighted by molar-refractivity contribution is 7.08. The second-order valence-electron chi connectivity index (χ2n) is 4.03. The number of nitrogens with two attached hydrogens (primary N) is 1. The first-order valence-electron chi connectivity index (χ1n) is 5.30. The zero-order chi connectivity index (χ0) is 12.4. The van der Waals surface area contributed by atoms with Crippen LogP contribution in [0.4, 0.5) is 8.78 Å². The number of rotatable bonds is 3. The fraction of sp³-hybridized carbons (Fsp3) is 0.231. The highest BCUT2D eigenvalue weighted by Gasteiger charge is 2.14. The summed E-state index contributed by atoms with van der Waals surface area (Å²) in [5.41, 5.74) is 8.43. The minimum absolute atomic E-state index is 0.294. The zero-order valence-electron chi connectivity index (χ0n) is 9.41. The summed E-state index contributed by atoms with van der Waals surface area (Å²) >= 11 is 1.56. The van der Waals surface area contributed by atoms with Crippen LogP contribution in [0.1, 0.15) is 22.7 Å². The SMILES string of the molecule is Cc1cscc1C(N)Cc1cccc(F)c1F. The molecule has 2 N–H and O–H groups in total. The first kappa shape index (κ1) is 12.2. The van der Waals surface area contributed by atoms with Crippen LogP contribution in [-0.2, 0) is 6.42 Å². The topological polar surface area (TPSA) is 26.0 Å². The molecule has 0 aliphatic rings. The summed E-state index contributed by atoms with van der Waals surface area (Å²) in [7, 11) is 0. The summed E-state index contributed by atoms with van der Waals surface area (Å²) in [6, 6.07) is 3.89. The van der Waals surface area contributed by atoms with Crippen LogP contribution in [0.2, 0.25) is 0 Å². The van der Waals surface area contributed by atoms with E-state index in [2.05, 4.69) is 0 Å². The molecule has 0 saturated heterocycles. The molecule has 0 amide bonds. The molecule has 0 aliphatic carbocycles. The molecule has 0 saturated carbocycles. The van der Waals surface area contributed by atoms with Crippen molar-refractivity contribution in [2.75, 3.05) is 0 Å². The van der Waals surface area contributed by atoms with Crippen molar-refractivity contribution in [2.45, 2.75) is 19.4 Å². The molecule has 0 aliphatic heterocycles. The van der Waals surface area contributed by atoms with Crippen LogP contribution in [0.5, 0.6) is 0 Å². The maximum absolute atomic E-state index is 13.5. The van der Waals surface area contributed by atoms with Gasteiger partial charge in [-0.1, -0.05) is 12.1 Å². The highest BCUT2D eigenvalue weighted by Crippen LogP contribution is 2.24. The van der Waals surface area contributed by atoms with Crippen molar-refractivity contribution in [3.8, 4) is 0 Å². The van der Waals surface area contributed by atoms with E-state index in [0.717, 1.165) is 17.2 Å². The number of hydrogen-bond acceptors (Lipinski definition) is 2. The molecule has 17 heavy (non-hydrogen) atoms. The number of benzene rings is 1. The van der Waals surface area contributed by atoms with Crippen molar-refractivity contribution in [3.63, 3.8) is 0 Å². The molecule has 0 bridgehead atoms. The number of thiophene rings is 1. The van der Waals surface area contributed by atoms with Gasteiger partial charge in [0.2, 0.25) is 0 Å². The molecule has 1 unspecified atom stereocenters. The molecule has 0 spiro atoms. The standard InChI is InChI=1S/C13H13F2NS/c1-8-6-17-7-10(8)12(16)5-9-3-2-4-11(14)13(9)15/h2-4,6-7,12H,5,16H2,1H3. The molecule has 90 valence electrons. The minimum Gasteiger partial charge on any atom is -0.324 e. The Kier molecular flexibility index (Phi) is 3.54. The largest absolute Gasteiger partial charge is 0.324 e. The number of aryl methyl sites for hydroxylation is 1. The molecule has 1 atom stereocenters. The van der Waals surface area contributed by atoms with Gasteiger partial charge >= 0.3 is 0 Å². The predicted molar refractivity (Wildman–Crippen MR) is 66.0 cm³/mol. The maximum atomic E-state index is 13.5. The lowest BCUT2D eigenvalue weighted by atomic mass is 9.99. The highest BCUT2D eigenvalue weighted by atomic mass is 32.1. The first-order valence-corrected chi connectivity index (χ1v) is 6.25. The van der Waals surface area contributed by atoms with Gasteiger partial charge in [0.25, 0.3) is 0 Å². The average Bonchev–Trinajstić information content (AvgIpc) is 2.71. The predicted octanol–water partition coefficient (Wildman–Crippen LogP) is 3.58. The van der Waals surface area contributed by atoms with Crippen molar-refractivity contribution in [1.29, 1.82) is 0 Å². The van der Waals surface area contributed by atoms with E-state index in [9.17, 15) is 8.78 Å². The van der Waals surface area contributed by atoms with E-state index in [1.54, 1.807) is 17.4 Å². The van der Waals surface area contributed by atoms with Gasteiger partial charge in [-0.25, -0.2) is 8.78 Å². The Morgan fingerprint density at radius 1 is 1.29 bits per heavy atom. The second-order valence-corrected chi connectivity index (χ2v) is 4.78. The van der Waals surface area contributed by atoms with Gasteiger partial charge in [-0.15, -0.1) is 0 Å². The van der Waals surface area contributed by atoms with Crippen LogP contribution in [0, 0.1) is 18.6 Å². The van der Waals surface area contributed by atoms with E-state index in [1.165, 1.54) is 6.07 Å². The summed E-state index contributed by atoms with van der Waals surface area (Å²) in [4.78, 5) is 0. The van der Waals surface area contributed by atoms with Crippen LogP contribution in [0.25, 0.3) is 0 Å². The Labute approximate surface area is 103 Å². The van der Waals surface area contributed by atoms with Gasteiger partial charge in [0.1, 0.15) is 0 Å². The van der Waals surface area contributed by atoms with E-state index in [4.69, 9.17) is 5.73 Å². The Hall–Kier alpha value is -1.26. The molecule has 1 aromatic heterocycles. The Morgan fingerprint density at radius 2 is 2.06 bits per heavy atom. The summed E-state index contributed by atoms with van der Waals surface area (Å²) in [6.45, 7) is 1.97. The molecule has 2 rings (SSSR count). The fourth-order valence-electron chi connectivity index (χ4n) is 1.80. The first-order chi connectivity index (χ1) is 8.09. The molecule has 1 nitrogen and oxygen atoms in total. The lowest BCUT2D eigenvalue weighted by molar-refractivity contribution is 0.494. The molecule has 4 heteroatoms. The van der Waals surface area contributed by atoms with Gasteiger partial charge < -0.3 is 5.73 Å². The molecule has 1 heterocycles. The zero-order valence-corrected chi connectivity index (χ0v) is 10.2. The lowest BCUT2D eigenvalue weighted by Gasteiger charge is -2.12. The van der Waals surface area contributed by atoms with Crippen LogP contribution in [0.3, 0.4) is 0 Å². The lowest BCUT2D eigenvalue weighted by Crippen LogP contribution is -2.14. The van der Waals surface area contributed by atoms with E-state index < -0.39 is 11.6 Å². The van der Waals surface area contributed by atoms with E-state index >= 15 is 0 Å². The molecule has 0 fully saturated rings. The van der Waals surface area contributed by atoms with Crippen LogP contribution in [0.15, 0.2) is 29.0 Å². The van der Waals surface area contributed by atoms with Crippen LogP contribution < -0.4 is 5.73 Å². The van der Waals surface area contributed by atoms with Gasteiger partial charge in [-0.3, -0.25) is 0 Å². The monoisotopic (exact) mass is 253 g/mol. The summed E-state index contributed by atoms with van der Waals surface area (Å²) in [5.74, 6) is -1.62. The molecular formula is C13H13F2NS. The maximum Gasteiger partial charge on any atom is 0.162 e. The molecule has 1 aromatic carbocycles. The van der Waals surface area contributed by atoms with E-state index in [0.29, 0.717) is 12.0 Å². The molecule has 2 aromatic rings. The average molecular weight is 253 g/mol. The van der Waals surface area contributed by atoms with Gasteiger partial charge in [0.15, 0.2) is 11.6 Å². The quantitative estimate of drug-likeness (QED) is 0.889. The van der Waals surface area contributed by atoms with Gasteiger partial charge in [0.05, 0.1) is 0 Å². The van der Waals surface area contributed by atoms with Crippen molar-refractivity contribution >= 4 is 11.3 Å². The minimum atomic E-state index is -0.822. The number of halogens is 2. The van der Waals surface area contributed by atoms with Crippen LogP contribution >= 0.6 is 11.3 Å². The summed E-state index contributed by atoms with van der Waals surface area (Å²) in [5, 5.41) is 3.95. The smallest absolute Gasteiger partial charge is 0.162 e. The van der Waals surface area contributed by atoms with Crippen LogP contribution in [-0.4, -0.2) is 0 Å². The fourth-order valence-corrected chi connectivity index (χ4v) is 2.72. The third-order valence-electron chi connectivity index (χ3n) is 2.77. The third kappa shape index (κ3) is 2.53. The normalized spacial score (nSPS) is 12.7.